The molecule has 4 aromatic rings. The van der Waals surface area contributed by atoms with Crippen LogP contribution in [0.2, 0.25) is 0 Å². The molecule has 54 heavy (non-hydrogen) atoms. The van der Waals surface area contributed by atoms with E-state index in [0.717, 1.165) is 72.5 Å². The number of benzene rings is 1. The molecule has 0 aliphatic carbocycles. The van der Waals surface area contributed by atoms with Gasteiger partial charge in [-0.2, -0.15) is 5.10 Å². The fourth-order valence-corrected chi connectivity index (χ4v) is 7.50. The molecule has 1 fully saturated rings. The van der Waals surface area contributed by atoms with E-state index < -0.39 is 0 Å². The van der Waals surface area contributed by atoms with Crippen molar-refractivity contribution < 1.29 is 19.1 Å². The van der Waals surface area contributed by atoms with Gasteiger partial charge in [0.05, 0.1) is 11.4 Å². The number of carbonyl (C=O) groups excluding carboxylic acids is 2. The molecule has 0 spiro atoms. The van der Waals surface area contributed by atoms with Crippen LogP contribution in [0.4, 0.5) is 0 Å². The Balaban J connectivity index is 1.09. The standard InChI is InChI=1S/C46H62N4O4/c1-3-4-5-6-7-8-9-10-11-12-13-14-15-16-17-21-44(51)54-35-50-34-41(45(49-50)42-20-18-19-29-47-42)40-26-30-48-43(33-40)38-22-24-39(25-23-38)46(52)36(2)37-27-31-53-32-28-37/h18-20,22-26,29-30,33-34,36-37H,3-17,21,27-28,31-32,35H2,1-2H3. The summed E-state index contributed by atoms with van der Waals surface area (Å²) in [5.74, 6) is 0.311. The van der Waals surface area contributed by atoms with Crippen molar-refractivity contribution in [3.05, 3.63) is 78.8 Å². The summed E-state index contributed by atoms with van der Waals surface area (Å²) in [6, 6.07) is 17.5. The highest BCUT2D eigenvalue weighted by molar-refractivity contribution is 5.98. The Labute approximate surface area is 323 Å². The molecule has 1 aromatic carbocycles. The molecule has 0 N–H and O–H groups in total. The molecule has 3 aromatic heterocycles. The Morgan fingerprint density at radius 3 is 2.02 bits per heavy atom. The van der Waals surface area contributed by atoms with Crippen molar-refractivity contribution in [1.29, 1.82) is 0 Å². The first kappa shape index (κ1) is 41.0. The van der Waals surface area contributed by atoms with Crippen LogP contribution in [0, 0.1) is 11.8 Å². The minimum atomic E-state index is -0.198. The monoisotopic (exact) mass is 734 g/mol. The molecular formula is C46H62N4O4. The van der Waals surface area contributed by atoms with Crippen molar-refractivity contribution in [3.63, 3.8) is 0 Å². The van der Waals surface area contributed by atoms with E-state index in [-0.39, 0.29) is 24.4 Å². The predicted molar refractivity (Wildman–Crippen MR) is 217 cm³/mol. The van der Waals surface area contributed by atoms with E-state index in [1.165, 1.54) is 83.5 Å². The molecule has 1 saturated heterocycles. The van der Waals surface area contributed by atoms with Crippen LogP contribution in [0.1, 0.15) is 140 Å². The summed E-state index contributed by atoms with van der Waals surface area (Å²) < 4.78 is 12.8. The Hall–Kier alpha value is -4.17. The number of hydrogen-bond donors (Lipinski definition) is 0. The van der Waals surface area contributed by atoms with E-state index in [1.54, 1.807) is 17.1 Å². The Kier molecular flexibility index (Phi) is 17.4. The molecule has 0 radical (unpaired) electrons. The highest BCUT2D eigenvalue weighted by Crippen LogP contribution is 2.33. The predicted octanol–water partition coefficient (Wildman–Crippen LogP) is 11.7. The number of hydrogen-bond acceptors (Lipinski definition) is 7. The first-order valence-corrected chi connectivity index (χ1v) is 20.9. The van der Waals surface area contributed by atoms with Gasteiger partial charge >= 0.3 is 5.97 Å². The summed E-state index contributed by atoms with van der Waals surface area (Å²) in [5, 5.41) is 4.80. The van der Waals surface area contributed by atoms with Crippen LogP contribution >= 0.6 is 0 Å². The fourth-order valence-electron chi connectivity index (χ4n) is 7.50. The molecule has 1 unspecified atom stereocenters. The van der Waals surface area contributed by atoms with Crippen LogP contribution in [0.3, 0.4) is 0 Å². The van der Waals surface area contributed by atoms with Gasteiger partial charge in [0.25, 0.3) is 0 Å². The van der Waals surface area contributed by atoms with Gasteiger partial charge in [0.1, 0.15) is 5.69 Å². The Morgan fingerprint density at radius 2 is 1.39 bits per heavy atom. The van der Waals surface area contributed by atoms with Crippen LogP contribution in [-0.4, -0.2) is 44.7 Å². The lowest BCUT2D eigenvalue weighted by molar-refractivity contribution is -0.148. The topological polar surface area (TPSA) is 96.2 Å². The zero-order valence-electron chi connectivity index (χ0n) is 32.9. The van der Waals surface area contributed by atoms with Crippen LogP contribution < -0.4 is 0 Å². The van der Waals surface area contributed by atoms with Crippen molar-refractivity contribution in [1.82, 2.24) is 19.7 Å². The van der Waals surface area contributed by atoms with Crippen molar-refractivity contribution in [2.24, 2.45) is 11.8 Å². The van der Waals surface area contributed by atoms with Crippen LogP contribution in [-0.2, 0) is 21.0 Å². The lowest BCUT2D eigenvalue weighted by atomic mass is 9.82. The molecule has 5 rings (SSSR count). The van der Waals surface area contributed by atoms with E-state index in [1.807, 2.05) is 67.7 Å². The largest absolute Gasteiger partial charge is 0.442 e. The number of ether oxygens (including phenoxy) is 2. The second-order valence-electron chi connectivity index (χ2n) is 15.1. The van der Waals surface area contributed by atoms with Gasteiger partial charge in [-0.05, 0) is 55.0 Å². The van der Waals surface area contributed by atoms with Gasteiger partial charge in [0, 0.05) is 60.8 Å². The maximum absolute atomic E-state index is 13.3. The maximum atomic E-state index is 13.3. The van der Waals surface area contributed by atoms with Crippen LogP contribution in [0.5, 0.6) is 0 Å². The first-order chi connectivity index (χ1) is 26.5. The maximum Gasteiger partial charge on any atom is 0.307 e. The molecule has 0 saturated carbocycles. The molecule has 1 aliphatic heterocycles. The van der Waals surface area contributed by atoms with Gasteiger partial charge in [-0.25, -0.2) is 4.68 Å². The minimum absolute atomic E-state index is 0.0315. The molecule has 4 heterocycles. The summed E-state index contributed by atoms with van der Waals surface area (Å²) in [7, 11) is 0. The molecule has 0 bridgehead atoms. The number of rotatable bonds is 24. The fraction of sp³-hybridized carbons (Fsp3) is 0.543. The normalized spacial score (nSPS) is 13.9. The second kappa shape index (κ2) is 22.9. The molecular weight excluding hydrogens is 673 g/mol. The summed E-state index contributed by atoms with van der Waals surface area (Å²) in [4.78, 5) is 35.1. The number of pyridine rings is 2. The van der Waals surface area contributed by atoms with Gasteiger partial charge in [-0.15, -0.1) is 0 Å². The van der Waals surface area contributed by atoms with Gasteiger partial charge < -0.3 is 9.47 Å². The van der Waals surface area contributed by atoms with Crippen LogP contribution in [0.15, 0.2) is 73.2 Å². The third-order valence-electron chi connectivity index (χ3n) is 10.9. The zero-order chi connectivity index (χ0) is 37.8. The third-order valence-corrected chi connectivity index (χ3v) is 10.9. The van der Waals surface area contributed by atoms with E-state index in [4.69, 9.17) is 14.6 Å². The quantitative estimate of drug-likeness (QED) is 0.0401. The minimum Gasteiger partial charge on any atom is -0.442 e. The van der Waals surface area contributed by atoms with Crippen molar-refractivity contribution >= 4 is 11.8 Å². The van der Waals surface area contributed by atoms with E-state index >= 15 is 0 Å². The number of nitrogens with zero attached hydrogens (tertiary/aromatic N) is 4. The van der Waals surface area contributed by atoms with Crippen molar-refractivity contribution in [3.8, 4) is 33.8 Å². The summed E-state index contributed by atoms with van der Waals surface area (Å²) in [6.07, 6.45) is 27.1. The smallest absolute Gasteiger partial charge is 0.307 e. The van der Waals surface area contributed by atoms with Crippen molar-refractivity contribution in [2.75, 3.05) is 13.2 Å². The number of Topliss-reactive ketones (excluding diaryl/α,β-unsaturated/α-hetero) is 1. The second-order valence-corrected chi connectivity index (χ2v) is 15.1. The molecule has 1 aliphatic rings. The van der Waals surface area contributed by atoms with Crippen molar-refractivity contribution in [2.45, 2.75) is 136 Å². The lowest BCUT2D eigenvalue weighted by Gasteiger charge is -2.26. The molecule has 0 amide bonds. The van der Waals surface area contributed by atoms with Gasteiger partial charge in [-0.3, -0.25) is 19.6 Å². The number of esters is 1. The zero-order valence-corrected chi connectivity index (χ0v) is 32.9. The number of aromatic nitrogens is 4. The first-order valence-electron chi connectivity index (χ1n) is 20.9. The van der Waals surface area contributed by atoms with Gasteiger partial charge in [0.15, 0.2) is 12.5 Å². The SMILES string of the molecule is CCCCCCCCCCCCCCCCCC(=O)OCn1cc(-c2ccnc(-c3ccc(C(=O)C(C)C4CCOCC4)cc3)c2)c(-c2ccccn2)n1. The number of unbranched alkanes of at least 4 members (excludes halogenated alkanes) is 14. The molecule has 1 atom stereocenters. The molecule has 8 heteroatoms. The van der Waals surface area contributed by atoms with E-state index in [2.05, 4.69) is 16.9 Å². The van der Waals surface area contributed by atoms with Crippen LogP contribution in [0.25, 0.3) is 33.8 Å². The summed E-state index contributed by atoms with van der Waals surface area (Å²) >= 11 is 0. The summed E-state index contributed by atoms with van der Waals surface area (Å²) in [6.45, 7) is 5.82. The van der Waals surface area contributed by atoms with Gasteiger partial charge in [0.2, 0.25) is 0 Å². The highest BCUT2D eigenvalue weighted by atomic mass is 16.5. The van der Waals surface area contributed by atoms with Gasteiger partial charge in [-0.1, -0.05) is 134 Å². The third kappa shape index (κ3) is 13.0. The summed E-state index contributed by atoms with van der Waals surface area (Å²) in [5.41, 5.74) is 5.66. The number of carbonyl (C=O) groups is 2. The lowest BCUT2D eigenvalue weighted by Crippen LogP contribution is -2.27. The Bertz CT molecular complexity index is 1680. The van der Waals surface area contributed by atoms with E-state index in [9.17, 15) is 9.59 Å². The molecule has 290 valence electrons. The Morgan fingerprint density at radius 1 is 0.759 bits per heavy atom. The molecule has 8 nitrogen and oxygen atoms in total. The number of ketones is 1. The van der Waals surface area contributed by atoms with E-state index in [0.29, 0.717) is 18.0 Å². The average Bonchev–Trinajstić information content (AvgIpc) is 3.66. The average molecular weight is 735 g/mol. The highest BCUT2D eigenvalue weighted by Gasteiger charge is 2.27.